The summed E-state index contributed by atoms with van der Waals surface area (Å²) in [6, 6.07) is 10.5. The van der Waals surface area contributed by atoms with Crippen LogP contribution in [0.15, 0.2) is 42.7 Å². The summed E-state index contributed by atoms with van der Waals surface area (Å²) in [6.07, 6.45) is 6.81. The molecule has 1 unspecified atom stereocenters. The molecule has 0 saturated carbocycles. The van der Waals surface area contributed by atoms with E-state index in [4.69, 9.17) is 0 Å². The fourth-order valence-corrected chi connectivity index (χ4v) is 4.08. The lowest BCUT2D eigenvalue weighted by atomic mass is 10.1. The molecule has 21 heavy (non-hydrogen) atoms. The third-order valence-corrected chi connectivity index (χ3v) is 5.54. The lowest BCUT2D eigenvalue weighted by molar-refractivity contribution is 0.537. The van der Waals surface area contributed by atoms with Gasteiger partial charge in [-0.3, -0.25) is 4.68 Å². The Bertz CT molecular complexity index is 558. The molecule has 1 aliphatic heterocycles. The highest BCUT2D eigenvalue weighted by Gasteiger charge is 2.28. The van der Waals surface area contributed by atoms with Crippen LogP contribution in [0.5, 0.6) is 0 Å². The summed E-state index contributed by atoms with van der Waals surface area (Å²) in [6.45, 7) is 5.21. The maximum Gasteiger partial charge on any atom is 0.0659 e. The van der Waals surface area contributed by atoms with Gasteiger partial charge in [-0.1, -0.05) is 30.3 Å². The van der Waals surface area contributed by atoms with E-state index in [0.717, 1.165) is 19.6 Å². The Labute approximate surface area is 131 Å². The number of aromatic nitrogens is 2. The predicted octanol–water partition coefficient (Wildman–Crippen LogP) is 3.31. The topological polar surface area (TPSA) is 29.9 Å². The fourth-order valence-electron chi connectivity index (χ4n) is 2.80. The maximum atomic E-state index is 4.45. The summed E-state index contributed by atoms with van der Waals surface area (Å²) < 4.78 is 2.44. The van der Waals surface area contributed by atoms with Crippen molar-refractivity contribution in [2.45, 2.75) is 37.6 Å². The first-order chi connectivity index (χ1) is 10.2. The first-order valence-corrected chi connectivity index (χ1v) is 8.62. The Kier molecular flexibility index (Phi) is 4.66. The molecule has 1 N–H and O–H groups in total. The van der Waals surface area contributed by atoms with Gasteiger partial charge >= 0.3 is 0 Å². The van der Waals surface area contributed by atoms with Crippen molar-refractivity contribution in [3.63, 3.8) is 0 Å². The van der Waals surface area contributed by atoms with Gasteiger partial charge in [-0.2, -0.15) is 16.9 Å². The van der Waals surface area contributed by atoms with Gasteiger partial charge in [-0.15, -0.1) is 0 Å². The Morgan fingerprint density at radius 1 is 1.29 bits per heavy atom. The molecule has 4 heteroatoms. The smallest absolute Gasteiger partial charge is 0.0659 e. The quantitative estimate of drug-likeness (QED) is 0.888. The average molecular weight is 301 g/mol. The molecule has 1 aliphatic rings. The Morgan fingerprint density at radius 3 is 2.90 bits per heavy atom. The van der Waals surface area contributed by atoms with Crippen molar-refractivity contribution in [2.24, 2.45) is 0 Å². The zero-order chi connectivity index (χ0) is 14.5. The number of nitrogens with zero attached hydrogens (tertiary/aromatic N) is 2. The first-order valence-electron chi connectivity index (χ1n) is 7.63. The van der Waals surface area contributed by atoms with Gasteiger partial charge in [0.25, 0.3) is 0 Å². The molecule has 0 radical (unpaired) electrons. The van der Waals surface area contributed by atoms with Crippen molar-refractivity contribution in [2.75, 3.05) is 12.3 Å². The van der Waals surface area contributed by atoms with E-state index in [1.807, 2.05) is 16.9 Å². The normalized spacial score (nSPS) is 21.8. The van der Waals surface area contributed by atoms with E-state index in [0.29, 0.717) is 4.75 Å². The number of benzene rings is 1. The Balaban J connectivity index is 1.49. The molecule has 0 aliphatic carbocycles. The van der Waals surface area contributed by atoms with E-state index in [1.54, 1.807) is 0 Å². The standard InChI is InChI=1S/C17H23N3S/c1-17(8-5-9-21-17)14-18-10-16-11-19-20(13-16)12-15-6-3-2-4-7-15/h2-4,6-7,11,13,18H,5,8-10,12,14H2,1H3. The molecule has 3 rings (SSSR count). The van der Waals surface area contributed by atoms with Crippen LogP contribution in [0.25, 0.3) is 0 Å². The lowest BCUT2D eigenvalue weighted by Gasteiger charge is -2.22. The van der Waals surface area contributed by atoms with E-state index in [-0.39, 0.29) is 0 Å². The van der Waals surface area contributed by atoms with Crippen molar-refractivity contribution >= 4 is 11.8 Å². The summed E-state index contributed by atoms with van der Waals surface area (Å²) in [7, 11) is 0. The third kappa shape index (κ3) is 4.11. The van der Waals surface area contributed by atoms with Gasteiger partial charge in [-0.25, -0.2) is 0 Å². The second kappa shape index (κ2) is 6.67. The van der Waals surface area contributed by atoms with Crippen molar-refractivity contribution in [1.82, 2.24) is 15.1 Å². The molecular weight excluding hydrogens is 278 g/mol. The van der Waals surface area contributed by atoms with E-state index in [2.05, 4.69) is 59.6 Å². The van der Waals surface area contributed by atoms with Gasteiger partial charge in [0.15, 0.2) is 0 Å². The monoisotopic (exact) mass is 301 g/mol. The van der Waals surface area contributed by atoms with Gasteiger partial charge in [0.1, 0.15) is 0 Å². The SMILES string of the molecule is CC1(CNCc2cnn(Cc3ccccc3)c2)CCCS1. The van der Waals surface area contributed by atoms with Crippen LogP contribution in [0.1, 0.15) is 30.9 Å². The molecule has 1 aromatic heterocycles. The average Bonchev–Trinajstić information content (AvgIpc) is 3.10. The maximum absolute atomic E-state index is 4.45. The van der Waals surface area contributed by atoms with E-state index >= 15 is 0 Å². The largest absolute Gasteiger partial charge is 0.311 e. The van der Waals surface area contributed by atoms with Gasteiger partial charge in [0, 0.05) is 29.6 Å². The van der Waals surface area contributed by atoms with Crippen LogP contribution >= 0.6 is 11.8 Å². The van der Waals surface area contributed by atoms with Crippen molar-refractivity contribution in [3.8, 4) is 0 Å². The Hall–Kier alpha value is -1.26. The van der Waals surface area contributed by atoms with Crippen LogP contribution in [0.2, 0.25) is 0 Å². The molecule has 2 heterocycles. The highest BCUT2D eigenvalue weighted by molar-refractivity contribution is 8.00. The van der Waals surface area contributed by atoms with Crippen LogP contribution < -0.4 is 5.32 Å². The highest BCUT2D eigenvalue weighted by atomic mass is 32.2. The molecule has 0 bridgehead atoms. The number of hydrogen-bond acceptors (Lipinski definition) is 3. The second-order valence-electron chi connectivity index (χ2n) is 6.04. The second-order valence-corrected chi connectivity index (χ2v) is 7.72. The number of nitrogens with one attached hydrogen (secondary N) is 1. The molecule has 0 amide bonds. The molecule has 1 atom stereocenters. The number of hydrogen-bond donors (Lipinski definition) is 1. The van der Waals surface area contributed by atoms with Crippen molar-refractivity contribution in [1.29, 1.82) is 0 Å². The summed E-state index contributed by atoms with van der Waals surface area (Å²) in [5.74, 6) is 1.31. The molecule has 1 saturated heterocycles. The van der Waals surface area contributed by atoms with Gasteiger partial charge in [0.05, 0.1) is 12.7 Å². The van der Waals surface area contributed by atoms with Crippen LogP contribution in [0.4, 0.5) is 0 Å². The lowest BCUT2D eigenvalue weighted by Crippen LogP contribution is -2.32. The summed E-state index contributed by atoms with van der Waals surface area (Å²) in [4.78, 5) is 0. The van der Waals surface area contributed by atoms with E-state index < -0.39 is 0 Å². The first kappa shape index (κ1) is 14.7. The zero-order valence-electron chi connectivity index (χ0n) is 12.6. The Morgan fingerprint density at radius 2 is 2.14 bits per heavy atom. The fraction of sp³-hybridized carbons (Fsp3) is 0.471. The zero-order valence-corrected chi connectivity index (χ0v) is 13.4. The minimum absolute atomic E-state index is 0.431. The number of thioether (sulfide) groups is 1. The molecule has 0 spiro atoms. The van der Waals surface area contributed by atoms with Gasteiger partial charge < -0.3 is 5.32 Å². The summed E-state index contributed by atoms with van der Waals surface area (Å²) >= 11 is 2.10. The van der Waals surface area contributed by atoms with Crippen LogP contribution in [0, 0.1) is 0 Å². The van der Waals surface area contributed by atoms with Crippen LogP contribution in [-0.2, 0) is 13.1 Å². The van der Waals surface area contributed by atoms with E-state index in [1.165, 1.54) is 29.7 Å². The molecule has 1 fully saturated rings. The molecule has 1 aromatic carbocycles. The van der Waals surface area contributed by atoms with Crippen LogP contribution in [0.3, 0.4) is 0 Å². The summed E-state index contributed by atoms with van der Waals surface area (Å²) in [5, 5.41) is 8.04. The van der Waals surface area contributed by atoms with Crippen molar-refractivity contribution < 1.29 is 0 Å². The van der Waals surface area contributed by atoms with Gasteiger partial charge in [-0.05, 0) is 31.1 Å². The highest BCUT2D eigenvalue weighted by Crippen LogP contribution is 2.36. The predicted molar refractivity (Wildman–Crippen MR) is 89.6 cm³/mol. The molecule has 3 nitrogen and oxygen atoms in total. The summed E-state index contributed by atoms with van der Waals surface area (Å²) in [5.41, 5.74) is 2.55. The van der Waals surface area contributed by atoms with E-state index in [9.17, 15) is 0 Å². The van der Waals surface area contributed by atoms with Gasteiger partial charge in [0.2, 0.25) is 0 Å². The molecular formula is C17H23N3S. The number of rotatable bonds is 6. The van der Waals surface area contributed by atoms with Crippen molar-refractivity contribution in [3.05, 3.63) is 53.9 Å². The van der Waals surface area contributed by atoms with Crippen LogP contribution in [-0.4, -0.2) is 26.8 Å². The third-order valence-electron chi connectivity index (χ3n) is 4.00. The minimum Gasteiger partial charge on any atom is -0.311 e. The molecule has 2 aromatic rings. The minimum atomic E-state index is 0.431. The molecule has 112 valence electrons.